The van der Waals surface area contributed by atoms with Crippen LogP contribution in [0.3, 0.4) is 0 Å². The molecule has 0 fully saturated rings. The highest BCUT2D eigenvalue weighted by Crippen LogP contribution is 2.02. The van der Waals surface area contributed by atoms with E-state index in [0.29, 0.717) is 5.56 Å². The van der Waals surface area contributed by atoms with Crippen LogP contribution in [-0.4, -0.2) is 10.4 Å². The van der Waals surface area contributed by atoms with Gasteiger partial charge in [0.05, 0.1) is 0 Å². The molecule has 0 aliphatic rings. The van der Waals surface area contributed by atoms with Gasteiger partial charge in [-0.15, -0.1) is 12.4 Å². The Balaban J connectivity index is 0.000001000. The summed E-state index contributed by atoms with van der Waals surface area (Å²) in [6.07, 6.45) is 0. The summed E-state index contributed by atoms with van der Waals surface area (Å²) in [6.45, 7) is 0. The molecule has 0 saturated carbocycles. The first-order valence-electron chi connectivity index (χ1n) is 2.77. The highest BCUT2D eigenvalue weighted by molar-refractivity contribution is 6.69. The van der Waals surface area contributed by atoms with E-state index in [1.165, 1.54) is 0 Å². The Labute approximate surface area is 75.9 Å². The predicted molar refractivity (Wildman–Crippen MR) is 47.9 cm³/mol. The van der Waals surface area contributed by atoms with Crippen molar-refractivity contribution in [3.8, 4) is 0 Å². The topological polar surface area (TPSA) is 32.6 Å². The van der Waals surface area contributed by atoms with Gasteiger partial charge in [0.15, 0.2) is 5.17 Å². The molecule has 1 aromatic rings. The zero-order valence-corrected chi connectivity index (χ0v) is 7.14. The molecule has 60 valence electrons. The molecule has 1 rings (SSSR count). The van der Waals surface area contributed by atoms with E-state index in [4.69, 9.17) is 16.8 Å². The maximum Gasteiger partial charge on any atom is 0.175 e. The average molecular weight is 192 g/mol. The molecule has 0 radical (unpaired) electrons. The zero-order valence-electron chi connectivity index (χ0n) is 5.57. The van der Waals surface area contributed by atoms with Crippen LogP contribution in [-0.2, 0) is 0 Å². The first-order valence-corrected chi connectivity index (χ1v) is 3.15. The van der Waals surface area contributed by atoms with Crippen molar-refractivity contribution in [2.24, 2.45) is 5.16 Å². The summed E-state index contributed by atoms with van der Waals surface area (Å²) >= 11 is 5.49. The maximum atomic E-state index is 8.24. The first-order chi connectivity index (χ1) is 4.84. The third-order valence-electron chi connectivity index (χ3n) is 1.10. The number of benzene rings is 1. The lowest BCUT2D eigenvalue weighted by atomic mass is 10.2. The van der Waals surface area contributed by atoms with Crippen molar-refractivity contribution in [3.05, 3.63) is 35.9 Å². The van der Waals surface area contributed by atoms with Gasteiger partial charge >= 0.3 is 0 Å². The number of halogens is 2. The fourth-order valence-corrected chi connectivity index (χ4v) is 0.759. The summed E-state index contributed by atoms with van der Waals surface area (Å²) in [4.78, 5) is 0. The summed E-state index contributed by atoms with van der Waals surface area (Å²) in [7, 11) is 0. The average Bonchev–Trinajstić information content (AvgIpc) is 2.05. The summed E-state index contributed by atoms with van der Waals surface area (Å²) < 4.78 is 0. The minimum atomic E-state index is 0. The lowest BCUT2D eigenvalue weighted by Gasteiger charge is -1.91. The molecule has 2 nitrogen and oxygen atoms in total. The van der Waals surface area contributed by atoms with E-state index in [1.54, 1.807) is 12.1 Å². The summed E-state index contributed by atoms with van der Waals surface area (Å²) in [6, 6.07) is 9.04. The summed E-state index contributed by atoms with van der Waals surface area (Å²) in [5.41, 5.74) is 0.715. The molecule has 4 heteroatoms. The zero-order chi connectivity index (χ0) is 7.40. The molecule has 1 N–H and O–H groups in total. The summed E-state index contributed by atoms with van der Waals surface area (Å²) in [5.74, 6) is 0. The van der Waals surface area contributed by atoms with Gasteiger partial charge in [0.2, 0.25) is 0 Å². The fourth-order valence-electron chi connectivity index (χ4n) is 0.633. The lowest BCUT2D eigenvalue weighted by Crippen LogP contribution is -1.88. The van der Waals surface area contributed by atoms with E-state index >= 15 is 0 Å². The lowest BCUT2D eigenvalue weighted by molar-refractivity contribution is 0.321. The molecule has 0 amide bonds. The Morgan fingerprint density at radius 3 is 2.27 bits per heavy atom. The van der Waals surface area contributed by atoms with Gasteiger partial charge < -0.3 is 5.21 Å². The van der Waals surface area contributed by atoms with Crippen LogP contribution >= 0.6 is 24.0 Å². The van der Waals surface area contributed by atoms with Crippen LogP contribution in [0.15, 0.2) is 35.5 Å². The Hall–Kier alpha value is -0.730. The normalized spacial score (nSPS) is 10.5. The highest BCUT2D eigenvalue weighted by atomic mass is 35.5. The molecular formula is C7H7Cl2NO. The molecular weight excluding hydrogens is 185 g/mol. The largest absolute Gasteiger partial charge is 0.410 e. The Kier molecular flexibility index (Phi) is 4.66. The quantitative estimate of drug-likeness (QED) is 0.413. The molecule has 0 heterocycles. The van der Waals surface area contributed by atoms with E-state index in [1.807, 2.05) is 18.2 Å². The van der Waals surface area contributed by atoms with Crippen LogP contribution in [0.1, 0.15) is 5.56 Å². The van der Waals surface area contributed by atoms with Crippen molar-refractivity contribution in [3.63, 3.8) is 0 Å². The van der Waals surface area contributed by atoms with Crippen LogP contribution in [0.2, 0.25) is 0 Å². The van der Waals surface area contributed by atoms with E-state index in [9.17, 15) is 0 Å². The standard InChI is InChI=1S/C7H6ClNO.ClH/c8-7(9-10)6-4-2-1-3-5-6;/h1-5,10H;1H/b9-7-;. The molecule has 0 bridgehead atoms. The van der Waals surface area contributed by atoms with E-state index < -0.39 is 0 Å². The third-order valence-corrected chi connectivity index (χ3v) is 1.39. The van der Waals surface area contributed by atoms with Crippen LogP contribution in [0.5, 0.6) is 0 Å². The third kappa shape index (κ3) is 2.78. The number of rotatable bonds is 1. The molecule has 0 aromatic heterocycles. The van der Waals surface area contributed by atoms with Gasteiger partial charge in [-0.05, 0) is 0 Å². The monoisotopic (exact) mass is 191 g/mol. The molecule has 1 aromatic carbocycles. The molecule has 11 heavy (non-hydrogen) atoms. The highest BCUT2D eigenvalue weighted by Gasteiger charge is 1.95. The SMILES string of the molecule is Cl.O/N=C(\Cl)c1ccccc1. The van der Waals surface area contributed by atoms with Crippen molar-refractivity contribution in [2.75, 3.05) is 0 Å². The first kappa shape index (κ1) is 10.3. The van der Waals surface area contributed by atoms with Crippen molar-refractivity contribution in [1.29, 1.82) is 0 Å². The van der Waals surface area contributed by atoms with Crippen molar-refractivity contribution < 1.29 is 5.21 Å². The van der Waals surface area contributed by atoms with Gasteiger partial charge in [-0.3, -0.25) is 0 Å². The molecule has 0 unspecified atom stereocenters. The van der Waals surface area contributed by atoms with Crippen molar-refractivity contribution in [2.45, 2.75) is 0 Å². The van der Waals surface area contributed by atoms with Gasteiger partial charge in [-0.2, -0.15) is 0 Å². The minimum absolute atomic E-state index is 0. The fraction of sp³-hybridized carbons (Fsp3) is 0. The Morgan fingerprint density at radius 2 is 1.82 bits per heavy atom. The second-order valence-corrected chi connectivity index (χ2v) is 2.11. The van der Waals surface area contributed by atoms with E-state index in [2.05, 4.69) is 5.16 Å². The van der Waals surface area contributed by atoms with Crippen molar-refractivity contribution >= 4 is 29.2 Å². The van der Waals surface area contributed by atoms with Gasteiger partial charge in [0, 0.05) is 5.56 Å². The second kappa shape index (κ2) is 4.99. The molecule has 0 aliphatic heterocycles. The predicted octanol–water partition coefficient (Wildman–Crippen LogP) is 2.48. The smallest absolute Gasteiger partial charge is 0.175 e. The van der Waals surface area contributed by atoms with Gasteiger partial charge in [-0.25, -0.2) is 0 Å². The van der Waals surface area contributed by atoms with E-state index in [-0.39, 0.29) is 17.6 Å². The van der Waals surface area contributed by atoms with Gasteiger partial charge in [0.1, 0.15) is 0 Å². The molecule has 0 saturated heterocycles. The molecule has 0 aliphatic carbocycles. The number of nitrogens with zero attached hydrogens (tertiary/aromatic N) is 1. The van der Waals surface area contributed by atoms with Gasteiger partial charge in [-0.1, -0.05) is 47.1 Å². The van der Waals surface area contributed by atoms with E-state index in [0.717, 1.165) is 0 Å². The molecule has 0 spiro atoms. The van der Waals surface area contributed by atoms with Crippen LogP contribution in [0.4, 0.5) is 0 Å². The maximum absolute atomic E-state index is 8.24. The number of oxime groups is 1. The van der Waals surface area contributed by atoms with Crippen LogP contribution < -0.4 is 0 Å². The number of hydrogen-bond acceptors (Lipinski definition) is 2. The van der Waals surface area contributed by atoms with Crippen molar-refractivity contribution in [1.82, 2.24) is 0 Å². The molecule has 0 atom stereocenters. The Morgan fingerprint density at radius 1 is 1.27 bits per heavy atom. The Bertz CT molecular complexity index is 235. The minimum Gasteiger partial charge on any atom is -0.410 e. The van der Waals surface area contributed by atoms with Crippen LogP contribution in [0, 0.1) is 0 Å². The van der Waals surface area contributed by atoms with Crippen LogP contribution in [0.25, 0.3) is 0 Å². The number of hydrogen-bond donors (Lipinski definition) is 1. The summed E-state index contributed by atoms with van der Waals surface area (Å²) in [5, 5.41) is 11.2. The van der Waals surface area contributed by atoms with Gasteiger partial charge in [0.25, 0.3) is 0 Å². The second-order valence-electron chi connectivity index (χ2n) is 1.76.